The van der Waals surface area contributed by atoms with E-state index in [1.807, 2.05) is 6.08 Å². The standard InChI is InChI=1S/C17H25/c1-8-9-13-10-14(16(2,3)4)12-15(11-13)17(5,6)7/h8-12H,1H2,2-7H3. The first-order chi connectivity index (χ1) is 7.64. The number of rotatable bonds is 2. The molecule has 0 aliphatic carbocycles. The van der Waals surface area contributed by atoms with Gasteiger partial charge in [0.15, 0.2) is 0 Å². The molecule has 0 heterocycles. The first-order valence-corrected chi connectivity index (χ1v) is 6.26. The highest BCUT2D eigenvalue weighted by molar-refractivity contribution is 5.41. The maximum absolute atomic E-state index is 3.78. The summed E-state index contributed by atoms with van der Waals surface area (Å²) in [5.41, 5.74) is 4.39. The van der Waals surface area contributed by atoms with Crippen molar-refractivity contribution in [3.8, 4) is 0 Å². The molecule has 0 N–H and O–H groups in total. The van der Waals surface area contributed by atoms with Crippen molar-refractivity contribution >= 4 is 0 Å². The van der Waals surface area contributed by atoms with E-state index >= 15 is 0 Å². The maximum atomic E-state index is 3.78. The van der Waals surface area contributed by atoms with Crippen molar-refractivity contribution in [2.24, 2.45) is 0 Å². The first-order valence-electron chi connectivity index (χ1n) is 6.26. The Bertz CT molecular complexity index is 365. The number of hydrogen-bond acceptors (Lipinski definition) is 0. The van der Waals surface area contributed by atoms with Gasteiger partial charge in [-0.1, -0.05) is 65.8 Å². The summed E-state index contributed by atoms with van der Waals surface area (Å²) in [5.74, 6) is 0. The lowest BCUT2D eigenvalue weighted by Gasteiger charge is -2.26. The van der Waals surface area contributed by atoms with E-state index in [2.05, 4.69) is 72.7 Å². The second-order valence-corrected chi connectivity index (χ2v) is 6.75. The van der Waals surface area contributed by atoms with E-state index in [0.29, 0.717) is 0 Å². The molecule has 0 heteroatoms. The molecule has 0 aromatic heterocycles. The average molecular weight is 229 g/mol. The highest BCUT2D eigenvalue weighted by atomic mass is 14.2. The van der Waals surface area contributed by atoms with Gasteiger partial charge in [-0.15, -0.1) is 6.58 Å². The van der Waals surface area contributed by atoms with Gasteiger partial charge in [0.05, 0.1) is 0 Å². The topological polar surface area (TPSA) is 0 Å². The maximum Gasteiger partial charge on any atom is 0.0119 e. The van der Waals surface area contributed by atoms with Crippen LogP contribution >= 0.6 is 0 Å². The zero-order chi connectivity index (χ0) is 13.3. The average Bonchev–Trinajstić information content (AvgIpc) is 2.15. The molecule has 1 aromatic carbocycles. The van der Waals surface area contributed by atoms with Gasteiger partial charge in [-0.2, -0.15) is 0 Å². The Kier molecular flexibility index (Phi) is 3.86. The van der Waals surface area contributed by atoms with Gasteiger partial charge in [0.25, 0.3) is 0 Å². The molecule has 1 radical (unpaired) electrons. The van der Waals surface area contributed by atoms with Gasteiger partial charge in [0.1, 0.15) is 0 Å². The summed E-state index contributed by atoms with van der Waals surface area (Å²) in [7, 11) is 0. The molecule has 0 bridgehead atoms. The summed E-state index contributed by atoms with van der Waals surface area (Å²) >= 11 is 0. The first kappa shape index (κ1) is 14.0. The van der Waals surface area contributed by atoms with Crippen molar-refractivity contribution < 1.29 is 0 Å². The monoisotopic (exact) mass is 229 g/mol. The Morgan fingerprint density at radius 1 is 0.824 bits per heavy atom. The van der Waals surface area contributed by atoms with Crippen molar-refractivity contribution in [3.63, 3.8) is 0 Å². The Hall–Kier alpha value is -1.04. The smallest absolute Gasteiger partial charge is 0.0119 e. The van der Waals surface area contributed by atoms with E-state index in [9.17, 15) is 0 Å². The van der Waals surface area contributed by atoms with E-state index in [1.165, 1.54) is 16.7 Å². The molecular weight excluding hydrogens is 204 g/mol. The lowest BCUT2D eigenvalue weighted by molar-refractivity contribution is 0.568. The Morgan fingerprint density at radius 3 is 1.53 bits per heavy atom. The molecule has 0 aliphatic rings. The minimum atomic E-state index is 0.186. The third-order valence-electron chi connectivity index (χ3n) is 3.00. The minimum Gasteiger partial charge on any atom is -0.102 e. The molecule has 0 saturated heterocycles. The summed E-state index contributed by atoms with van der Waals surface area (Å²) in [6, 6.07) is 6.86. The number of hydrogen-bond donors (Lipinski definition) is 0. The summed E-state index contributed by atoms with van der Waals surface area (Å²) in [6.45, 7) is 17.3. The Labute approximate surface area is 107 Å². The van der Waals surface area contributed by atoms with E-state index in [1.54, 1.807) is 0 Å². The van der Waals surface area contributed by atoms with Gasteiger partial charge in [-0.3, -0.25) is 0 Å². The summed E-state index contributed by atoms with van der Waals surface area (Å²) in [5, 5.41) is 0. The highest BCUT2D eigenvalue weighted by Gasteiger charge is 2.20. The van der Waals surface area contributed by atoms with Crippen LogP contribution in [0.4, 0.5) is 0 Å². The number of allylic oxidation sites excluding steroid dienone is 1. The van der Waals surface area contributed by atoms with Crippen LogP contribution in [0.15, 0.2) is 30.9 Å². The lowest BCUT2D eigenvalue weighted by atomic mass is 9.79. The largest absolute Gasteiger partial charge is 0.102 e. The van der Waals surface area contributed by atoms with Crippen LogP contribution in [0.5, 0.6) is 0 Å². The van der Waals surface area contributed by atoms with E-state index in [0.717, 1.165) is 0 Å². The quantitative estimate of drug-likeness (QED) is 0.668. The van der Waals surface area contributed by atoms with Crippen LogP contribution in [0.2, 0.25) is 0 Å². The summed E-state index contributed by atoms with van der Waals surface area (Å²) in [6.07, 6.45) is 3.93. The fourth-order valence-corrected chi connectivity index (χ4v) is 1.75. The molecule has 0 nitrogen and oxygen atoms in total. The lowest BCUT2D eigenvalue weighted by Crippen LogP contribution is -2.16. The van der Waals surface area contributed by atoms with Gasteiger partial charge >= 0.3 is 0 Å². The van der Waals surface area contributed by atoms with Gasteiger partial charge in [-0.25, -0.2) is 0 Å². The second-order valence-electron chi connectivity index (χ2n) is 6.75. The van der Waals surface area contributed by atoms with Gasteiger partial charge in [0.2, 0.25) is 0 Å². The zero-order valence-electron chi connectivity index (χ0n) is 12.1. The van der Waals surface area contributed by atoms with Crippen LogP contribution < -0.4 is 0 Å². The molecule has 0 unspecified atom stereocenters. The predicted molar refractivity (Wildman–Crippen MR) is 77.4 cm³/mol. The minimum absolute atomic E-state index is 0.186. The van der Waals surface area contributed by atoms with Crippen LogP contribution in [-0.4, -0.2) is 0 Å². The third kappa shape index (κ3) is 3.73. The van der Waals surface area contributed by atoms with Crippen molar-refractivity contribution in [2.45, 2.75) is 52.4 Å². The van der Waals surface area contributed by atoms with Crippen LogP contribution in [0.1, 0.15) is 58.2 Å². The Balaban J connectivity index is 3.34. The van der Waals surface area contributed by atoms with Crippen LogP contribution in [-0.2, 0) is 10.8 Å². The molecule has 0 saturated carbocycles. The second kappa shape index (κ2) is 4.68. The molecule has 93 valence electrons. The van der Waals surface area contributed by atoms with Crippen LogP contribution in [0.25, 0.3) is 0 Å². The molecule has 0 atom stereocenters. The SMILES string of the molecule is C=C[CH]c1cc(C(C)(C)C)cc(C(C)(C)C)c1. The van der Waals surface area contributed by atoms with Crippen LogP contribution in [0.3, 0.4) is 0 Å². The van der Waals surface area contributed by atoms with E-state index in [4.69, 9.17) is 0 Å². The Morgan fingerprint density at radius 2 is 1.24 bits per heavy atom. The normalized spacial score (nSPS) is 12.6. The van der Waals surface area contributed by atoms with Gasteiger partial charge in [-0.05, 0) is 27.5 Å². The third-order valence-corrected chi connectivity index (χ3v) is 3.00. The molecule has 1 aromatic rings. The van der Waals surface area contributed by atoms with Crippen molar-refractivity contribution in [3.05, 3.63) is 54.0 Å². The molecular formula is C17H25. The molecule has 0 amide bonds. The van der Waals surface area contributed by atoms with Gasteiger partial charge in [0, 0.05) is 6.42 Å². The fourth-order valence-electron chi connectivity index (χ4n) is 1.75. The fraction of sp³-hybridized carbons (Fsp3) is 0.471. The van der Waals surface area contributed by atoms with E-state index in [-0.39, 0.29) is 10.8 Å². The van der Waals surface area contributed by atoms with Crippen LogP contribution in [0, 0.1) is 6.42 Å². The predicted octanol–water partition coefficient (Wildman–Crippen LogP) is 5.02. The summed E-state index contributed by atoms with van der Waals surface area (Å²) in [4.78, 5) is 0. The van der Waals surface area contributed by atoms with Gasteiger partial charge < -0.3 is 0 Å². The highest BCUT2D eigenvalue weighted by Crippen LogP contribution is 2.30. The summed E-state index contributed by atoms with van der Waals surface area (Å²) < 4.78 is 0. The molecule has 1 rings (SSSR count). The van der Waals surface area contributed by atoms with E-state index < -0.39 is 0 Å². The molecule has 17 heavy (non-hydrogen) atoms. The van der Waals surface area contributed by atoms with Crippen molar-refractivity contribution in [1.82, 2.24) is 0 Å². The molecule has 0 spiro atoms. The molecule has 0 fully saturated rings. The molecule has 0 aliphatic heterocycles. The number of benzene rings is 1. The van der Waals surface area contributed by atoms with Crippen molar-refractivity contribution in [2.75, 3.05) is 0 Å². The van der Waals surface area contributed by atoms with Crippen molar-refractivity contribution in [1.29, 1.82) is 0 Å². The zero-order valence-corrected chi connectivity index (χ0v) is 12.1.